The molecule has 0 fully saturated rings. The average Bonchev–Trinajstić information content (AvgIpc) is 2.50. The molecule has 0 spiro atoms. The van der Waals surface area contributed by atoms with E-state index >= 15 is 0 Å². The molecule has 1 aliphatic carbocycles. The van der Waals surface area contributed by atoms with Gasteiger partial charge in [0, 0.05) is 0 Å². The van der Waals surface area contributed by atoms with E-state index in [2.05, 4.69) is 11.9 Å². The van der Waals surface area contributed by atoms with Gasteiger partial charge in [-0.05, 0) is 43.2 Å². The van der Waals surface area contributed by atoms with E-state index in [1.54, 1.807) is 6.08 Å². The molecule has 0 saturated carbocycles. The molecule has 112 valence electrons. The van der Waals surface area contributed by atoms with Crippen LogP contribution in [0.4, 0.5) is 0 Å². The molecule has 0 saturated heterocycles. The van der Waals surface area contributed by atoms with Crippen molar-refractivity contribution in [1.82, 2.24) is 5.32 Å². The van der Waals surface area contributed by atoms with E-state index in [-0.39, 0.29) is 11.8 Å². The second-order valence-corrected chi connectivity index (χ2v) is 5.41. The van der Waals surface area contributed by atoms with E-state index < -0.39 is 12.0 Å². The summed E-state index contributed by atoms with van der Waals surface area (Å²) >= 11 is 0. The highest BCUT2D eigenvalue weighted by molar-refractivity contribution is 5.88. The van der Waals surface area contributed by atoms with E-state index in [0.717, 1.165) is 24.8 Å². The van der Waals surface area contributed by atoms with Gasteiger partial charge in [0.15, 0.2) is 0 Å². The highest BCUT2D eigenvalue weighted by atomic mass is 16.4. The number of nitrogens with one attached hydrogen (secondary N) is 1. The van der Waals surface area contributed by atoms with Gasteiger partial charge in [0.2, 0.25) is 5.91 Å². The highest BCUT2D eigenvalue weighted by Gasteiger charge is 2.29. The molecule has 0 radical (unpaired) electrons. The van der Waals surface area contributed by atoms with Crippen LogP contribution in [0.25, 0.3) is 0 Å². The first-order valence-corrected chi connectivity index (χ1v) is 7.35. The minimum Gasteiger partial charge on any atom is -0.480 e. The smallest absolute Gasteiger partial charge is 0.326 e. The van der Waals surface area contributed by atoms with Crippen molar-refractivity contribution in [3.05, 3.63) is 48.0 Å². The minimum atomic E-state index is -0.991. The second-order valence-electron chi connectivity index (χ2n) is 5.41. The highest BCUT2D eigenvalue weighted by Crippen LogP contribution is 2.31. The monoisotopic (exact) mass is 287 g/mol. The van der Waals surface area contributed by atoms with Crippen molar-refractivity contribution in [3.8, 4) is 0 Å². The van der Waals surface area contributed by atoms with E-state index in [1.165, 1.54) is 5.56 Å². The number of fused-ring (bicyclic) bond motifs is 1. The maximum atomic E-state index is 12.4. The normalized spacial score (nSPS) is 18.4. The molecule has 2 atom stereocenters. The SMILES string of the molecule is C=CCCC(NC(=O)C1CCCc2ccccc21)C(=O)O. The van der Waals surface area contributed by atoms with Crippen LogP contribution in [-0.4, -0.2) is 23.0 Å². The molecule has 1 aromatic rings. The number of allylic oxidation sites excluding steroid dienone is 1. The third-order valence-corrected chi connectivity index (χ3v) is 3.96. The number of amides is 1. The molecule has 1 aromatic carbocycles. The van der Waals surface area contributed by atoms with Crippen molar-refractivity contribution in [2.45, 2.75) is 44.1 Å². The molecule has 2 unspecified atom stereocenters. The molecule has 0 aliphatic heterocycles. The van der Waals surface area contributed by atoms with Gasteiger partial charge in [-0.1, -0.05) is 30.3 Å². The van der Waals surface area contributed by atoms with E-state index in [4.69, 9.17) is 0 Å². The van der Waals surface area contributed by atoms with Gasteiger partial charge in [-0.2, -0.15) is 0 Å². The van der Waals surface area contributed by atoms with E-state index in [9.17, 15) is 14.7 Å². The fourth-order valence-corrected chi connectivity index (χ4v) is 2.84. The summed E-state index contributed by atoms with van der Waals surface area (Å²) in [4.78, 5) is 23.7. The predicted octanol–water partition coefficient (Wildman–Crippen LogP) is 2.64. The number of carbonyl (C=O) groups is 2. The van der Waals surface area contributed by atoms with Crippen molar-refractivity contribution >= 4 is 11.9 Å². The lowest BCUT2D eigenvalue weighted by Gasteiger charge is -2.26. The molecule has 1 amide bonds. The van der Waals surface area contributed by atoms with Gasteiger partial charge in [0.25, 0.3) is 0 Å². The second kappa shape index (κ2) is 7.07. The Morgan fingerprint density at radius 3 is 2.90 bits per heavy atom. The fraction of sp³-hybridized carbons (Fsp3) is 0.412. The Kier molecular flexibility index (Phi) is 5.14. The minimum absolute atomic E-state index is 0.182. The lowest BCUT2D eigenvalue weighted by atomic mass is 9.82. The number of aryl methyl sites for hydroxylation is 1. The maximum absolute atomic E-state index is 12.4. The molecule has 4 nitrogen and oxygen atoms in total. The summed E-state index contributed by atoms with van der Waals surface area (Å²) in [6, 6.07) is 7.07. The van der Waals surface area contributed by atoms with Crippen molar-refractivity contribution in [2.24, 2.45) is 0 Å². The van der Waals surface area contributed by atoms with Crippen molar-refractivity contribution in [3.63, 3.8) is 0 Å². The summed E-state index contributed by atoms with van der Waals surface area (Å²) < 4.78 is 0. The predicted molar refractivity (Wildman–Crippen MR) is 81.1 cm³/mol. The number of rotatable bonds is 6. The number of carboxylic acid groups (broad SMARTS) is 1. The lowest BCUT2D eigenvalue weighted by molar-refractivity contribution is -0.142. The zero-order valence-corrected chi connectivity index (χ0v) is 12.0. The Morgan fingerprint density at radius 2 is 2.19 bits per heavy atom. The van der Waals surface area contributed by atoms with Gasteiger partial charge < -0.3 is 10.4 Å². The number of carbonyl (C=O) groups excluding carboxylic acids is 1. The molecular weight excluding hydrogens is 266 g/mol. The largest absolute Gasteiger partial charge is 0.480 e. The zero-order valence-electron chi connectivity index (χ0n) is 12.0. The third-order valence-electron chi connectivity index (χ3n) is 3.96. The Morgan fingerprint density at radius 1 is 1.43 bits per heavy atom. The number of aliphatic carboxylic acids is 1. The summed E-state index contributed by atoms with van der Waals surface area (Å²) in [6.45, 7) is 3.59. The van der Waals surface area contributed by atoms with Crippen molar-refractivity contribution in [2.75, 3.05) is 0 Å². The van der Waals surface area contributed by atoms with Crippen LogP contribution < -0.4 is 5.32 Å². The van der Waals surface area contributed by atoms with Crippen LogP contribution in [0.2, 0.25) is 0 Å². The van der Waals surface area contributed by atoms with Gasteiger partial charge in [-0.3, -0.25) is 4.79 Å². The molecule has 0 aromatic heterocycles. The number of hydrogen-bond acceptors (Lipinski definition) is 2. The Bertz CT molecular complexity index is 539. The van der Waals surface area contributed by atoms with Gasteiger partial charge in [0.05, 0.1) is 5.92 Å². The van der Waals surface area contributed by atoms with E-state index in [1.807, 2.05) is 24.3 Å². The Labute approximate surface area is 124 Å². The number of hydrogen-bond donors (Lipinski definition) is 2. The average molecular weight is 287 g/mol. The van der Waals surface area contributed by atoms with Gasteiger partial charge in [-0.15, -0.1) is 6.58 Å². The zero-order chi connectivity index (χ0) is 15.2. The van der Waals surface area contributed by atoms with Gasteiger partial charge in [-0.25, -0.2) is 4.79 Å². The maximum Gasteiger partial charge on any atom is 0.326 e. The molecule has 1 aliphatic rings. The fourth-order valence-electron chi connectivity index (χ4n) is 2.84. The number of benzene rings is 1. The quantitative estimate of drug-likeness (QED) is 0.790. The van der Waals surface area contributed by atoms with Gasteiger partial charge >= 0.3 is 5.97 Å². The molecular formula is C17H21NO3. The van der Waals surface area contributed by atoms with Crippen molar-refractivity contribution < 1.29 is 14.7 Å². The first-order valence-electron chi connectivity index (χ1n) is 7.35. The summed E-state index contributed by atoms with van der Waals surface area (Å²) in [5, 5.41) is 11.9. The van der Waals surface area contributed by atoms with Crippen LogP contribution in [0.15, 0.2) is 36.9 Å². The first-order chi connectivity index (χ1) is 10.1. The summed E-state index contributed by atoms with van der Waals surface area (Å²) in [6.07, 6.45) is 5.32. The van der Waals surface area contributed by atoms with Crippen molar-refractivity contribution in [1.29, 1.82) is 0 Å². The standard InChI is InChI=1S/C17H21NO3/c1-2-3-11-15(17(20)21)18-16(19)14-10-6-8-12-7-4-5-9-13(12)14/h2,4-5,7,9,14-15H,1,3,6,8,10-11H2,(H,18,19)(H,20,21). The van der Waals surface area contributed by atoms with Gasteiger partial charge in [0.1, 0.15) is 6.04 Å². The molecule has 21 heavy (non-hydrogen) atoms. The molecule has 2 rings (SSSR count). The van der Waals surface area contributed by atoms with Crippen LogP contribution in [-0.2, 0) is 16.0 Å². The lowest BCUT2D eigenvalue weighted by Crippen LogP contribution is -2.43. The topological polar surface area (TPSA) is 66.4 Å². The van der Waals surface area contributed by atoms with E-state index in [0.29, 0.717) is 12.8 Å². The molecule has 0 heterocycles. The summed E-state index contributed by atoms with van der Waals surface area (Å²) in [7, 11) is 0. The molecule has 2 N–H and O–H groups in total. The Balaban J connectivity index is 2.09. The van der Waals surface area contributed by atoms with Crippen LogP contribution >= 0.6 is 0 Å². The summed E-state index contributed by atoms with van der Waals surface area (Å²) in [5.74, 6) is -1.41. The Hall–Kier alpha value is -2.10. The van der Waals surface area contributed by atoms with Crippen LogP contribution in [0, 0.1) is 0 Å². The third kappa shape index (κ3) is 3.72. The molecule has 4 heteroatoms. The summed E-state index contributed by atoms with van der Waals surface area (Å²) in [5.41, 5.74) is 2.23. The van der Waals surface area contributed by atoms with Crippen LogP contribution in [0.1, 0.15) is 42.7 Å². The first kappa shape index (κ1) is 15.3. The number of carboxylic acids is 1. The van der Waals surface area contributed by atoms with Crippen LogP contribution in [0.5, 0.6) is 0 Å². The molecule has 0 bridgehead atoms. The van der Waals surface area contributed by atoms with Crippen LogP contribution in [0.3, 0.4) is 0 Å².